The number of unbranched alkanes of at least 4 members (excludes halogenated alkanes) is 3. The molecule has 0 saturated heterocycles. The van der Waals surface area contributed by atoms with Gasteiger partial charge in [0.25, 0.3) is 0 Å². The standard InChI is InChI=1S/3C6H14N2O2.Fe/c3*7-4-2-1-3-5(8)6(9)10;/h3*5H,1-4,7-8H2,(H,9,10);/q;;;+3/p-3/t3*5-;/m000./s1. The van der Waals surface area contributed by atoms with Gasteiger partial charge in [-0.3, -0.25) is 0 Å². The molecule has 12 N–H and O–H groups in total. The largest absolute Gasteiger partial charge is 3.00 e. The number of carbonyl (C=O) groups excluding carboxylic acids is 3. The predicted molar refractivity (Wildman–Crippen MR) is 108 cm³/mol. The molecule has 0 unspecified atom stereocenters. The van der Waals surface area contributed by atoms with E-state index in [1.54, 1.807) is 0 Å². The smallest absolute Gasteiger partial charge is 0.548 e. The van der Waals surface area contributed by atoms with Gasteiger partial charge in [0, 0.05) is 18.1 Å². The van der Waals surface area contributed by atoms with Gasteiger partial charge in [-0.25, -0.2) is 0 Å². The van der Waals surface area contributed by atoms with Gasteiger partial charge in [0.15, 0.2) is 0 Å². The van der Waals surface area contributed by atoms with E-state index in [2.05, 4.69) is 0 Å². The van der Waals surface area contributed by atoms with E-state index in [0.717, 1.165) is 38.5 Å². The summed E-state index contributed by atoms with van der Waals surface area (Å²) in [7, 11) is 0. The number of nitrogens with two attached hydrogens (primary N) is 6. The molecule has 0 saturated carbocycles. The van der Waals surface area contributed by atoms with Crippen molar-refractivity contribution in [2.45, 2.75) is 75.9 Å². The van der Waals surface area contributed by atoms with Crippen LogP contribution < -0.4 is 49.7 Å². The topological polar surface area (TPSA) is 277 Å². The van der Waals surface area contributed by atoms with Gasteiger partial charge in [-0.2, -0.15) is 0 Å². The Labute approximate surface area is 194 Å². The Morgan fingerprint density at radius 2 is 0.710 bits per heavy atom. The Morgan fingerprint density at radius 1 is 0.516 bits per heavy atom. The molecule has 0 aliphatic carbocycles. The fourth-order valence-corrected chi connectivity index (χ4v) is 1.88. The molecule has 185 valence electrons. The SMILES string of the molecule is NCCCC[C@H](N)C(=O)[O-].NCCCC[C@H](N)C(=O)[O-].NCCCC[C@H](N)C(=O)[O-].[Fe+3]. The van der Waals surface area contributed by atoms with E-state index in [4.69, 9.17) is 34.4 Å². The van der Waals surface area contributed by atoms with E-state index in [9.17, 15) is 29.7 Å². The van der Waals surface area contributed by atoms with Crippen molar-refractivity contribution in [3.63, 3.8) is 0 Å². The molecule has 0 rings (SSSR count). The molecule has 0 aromatic rings. The molecular weight excluding hydrogens is 452 g/mol. The summed E-state index contributed by atoms with van der Waals surface area (Å²) in [6, 6.07) is -2.48. The van der Waals surface area contributed by atoms with Gasteiger partial charge in [-0.1, -0.05) is 19.3 Å². The van der Waals surface area contributed by atoms with Crippen LogP contribution in [0.5, 0.6) is 0 Å². The summed E-state index contributed by atoms with van der Waals surface area (Å²) in [5, 5.41) is 30.1. The molecule has 3 atom stereocenters. The fraction of sp³-hybridized carbons (Fsp3) is 0.833. The van der Waals surface area contributed by atoms with E-state index in [0.29, 0.717) is 38.9 Å². The maximum absolute atomic E-state index is 10.0. The Balaban J connectivity index is -0.000000174. The van der Waals surface area contributed by atoms with Crippen LogP contribution in [-0.2, 0) is 31.5 Å². The normalized spacial score (nSPS) is 12.6. The number of carbonyl (C=O) groups is 3. The Kier molecular flexibility index (Phi) is 31.9. The molecular formula is C18H39FeN6O6. The first-order valence-electron chi connectivity index (χ1n) is 10.0. The third-order valence-corrected chi connectivity index (χ3v) is 3.82. The second kappa shape index (κ2) is 26.7. The number of hydrogen-bond donors (Lipinski definition) is 6. The van der Waals surface area contributed by atoms with E-state index in [1.165, 1.54) is 0 Å². The zero-order chi connectivity index (χ0) is 23.9. The fourth-order valence-electron chi connectivity index (χ4n) is 1.88. The first kappa shape index (κ1) is 37.0. The van der Waals surface area contributed by atoms with Crippen LogP contribution in [0.2, 0.25) is 0 Å². The molecule has 12 nitrogen and oxygen atoms in total. The van der Waals surface area contributed by atoms with Gasteiger partial charge in [-0.05, 0) is 58.2 Å². The minimum atomic E-state index is -1.18. The Morgan fingerprint density at radius 3 is 0.839 bits per heavy atom. The number of hydrogen-bond acceptors (Lipinski definition) is 12. The summed E-state index contributed by atoms with van der Waals surface area (Å²) in [6.07, 6.45) is 6.10. The van der Waals surface area contributed by atoms with Crippen LogP contribution >= 0.6 is 0 Å². The van der Waals surface area contributed by atoms with Crippen LogP contribution in [0.25, 0.3) is 0 Å². The van der Waals surface area contributed by atoms with E-state index >= 15 is 0 Å². The van der Waals surface area contributed by atoms with Gasteiger partial charge >= 0.3 is 17.1 Å². The summed E-state index contributed by atoms with van der Waals surface area (Å²) >= 11 is 0. The monoisotopic (exact) mass is 491 g/mol. The van der Waals surface area contributed by atoms with Crippen LogP contribution in [0.1, 0.15) is 57.8 Å². The Hall–Kier alpha value is -1.31. The number of aliphatic carboxylic acids is 3. The minimum absolute atomic E-state index is 0. The minimum Gasteiger partial charge on any atom is -0.548 e. The second-order valence-corrected chi connectivity index (χ2v) is 6.63. The van der Waals surface area contributed by atoms with Gasteiger partial charge in [-0.15, -0.1) is 0 Å². The van der Waals surface area contributed by atoms with E-state index in [-0.39, 0.29) is 17.1 Å². The van der Waals surface area contributed by atoms with Crippen molar-refractivity contribution in [1.29, 1.82) is 0 Å². The van der Waals surface area contributed by atoms with Crippen LogP contribution in [0.4, 0.5) is 0 Å². The molecule has 0 fully saturated rings. The summed E-state index contributed by atoms with van der Waals surface area (Å²) in [5.74, 6) is -3.55. The molecule has 0 aromatic carbocycles. The Bertz CT molecular complexity index is 386. The molecule has 0 spiro atoms. The van der Waals surface area contributed by atoms with Gasteiger partial charge in [0.1, 0.15) is 0 Å². The molecule has 0 heterocycles. The molecule has 31 heavy (non-hydrogen) atoms. The first-order valence-corrected chi connectivity index (χ1v) is 10.0. The van der Waals surface area contributed by atoms with Crippen molar-refractivity contribution >= 4 is 17.9 Å². The maximum atomic E-state index is 10.0. The third-order valence-electron chi connectivity index (χ3n) is 3.82. The van der Waals surface area contributed by atoms with E-state index < -0.39 is 36.0 Å². The quantitative estimate of drug-likeness (QED) is 0.0924. The van der Waals surface area contributed by atoms with Crippen molar-refractivity contribution in [2.24, 2.45) is 34.4 Å². The number of rotatable bonds is 15. The molecule has 0 bridgehead atoms. The van der Waals surface area contributed by atoms with E-state index in [1.807, 2.05) is 0 Å². The van der Waals surface area contributed by atoms with Gasteiger partial charge < -0.3 is 64.1 Å². The maximum Gasteiger partial charge on any atom is 3.00 e. The summed E-state index contributed by atoms with van der Waals surface area (Å²) in [4.78, 5) is 30.1. The zero-order valence-electron chi connectivity index (χ0n) is 18.0. The van der Waals surface area contributed by atoms with Gasteiger partial charge in [0.2, 0.25) is 0 Å². The van der Waals surface area contributed by atoms with Crippen molar-refractivity contribution < 1.29 is 46.8 Å². The summed E-state index contributed by atoms with van der Waals surface area (Å²) in [5.41, 5.74) is 31.0. The number of carboxylic acids is 3. The second-order valence-electron chi connectivity index (χ2n) is 6.63. The zero-order valence-corrected chi connectivity index (χ0v) is 19.1. The van der Waals surface area contributed by atoms with Crippen molar-refractivity contribution in [3.05, 3.63) is 0 Å². The average molecular weight is 491 g/mol. The van der Waals surface area contributed by atoms with Crippen LogP contribution in [0, 0.1) is 0 Å². The molecule has 0 amide bonds. The summed E-state index contributed by atoms with van der Waals surface area (Å²) in [6.45, 7) is 1.75. The van der Waals surface area contributed by atoms with Crippen molar-refractivity contribution in [2.75, 3.05) is 19.6 Å². The average Bonchev–Trinajstić information content (AvgIpc) is 2.69. The summed E-state index contributed by atoms with van der Waals surface area (Å²) < 4.78 is 0. The van der Waals surface area contributed by atoms with Crippen molar-refractivity contribution in [1.82, 2.24) is 0 Å². The predicted octanol–water partition coefficient (Wildman–Crippen LogP) is -5.42. The molecule has 1 radical (unpaired) electrons. The number of carboxylic acid groups (broad SMARTS) is 3. The third kappa shape index (κ3) is 31.0. The first-order chi connectivity index (χ1) is 14.0. The molecule has 0 aliphatic rings. The van der Waals surface area contributed by atoms with Crippen LogP contribution in [0.15, 0.2) is 0 Å². The molecule has 0 aliphatic heterocycles. The molecule has 13 heteroatoms. The van der Waals surface area contributed by atoms with Crippen molar-refractivity contribution in [3.8, 4) is 0 Å². The molecule has 0 aromatic heterocycles. The van der Waals surface area contributed by atoms with Crippen LogP contribution in [-0.4, -0.2) is 55.7 Å². The van der Waals surface area contributed by atoms with Gasteiger partial charge in [0.05, 0.1) is 17.9 Å². The van der Waals surface area contributed by atoms with Crippen LogP contribution in [0.3, 0.4) is 0 Å².